The van der Waals surface area contributed by atoms with Gasteiger partial charge in [0, 0.05) is 25.3 Å². The lowest BCUT2D eigenvalue weighted by molar-refractivity contribution is 0.116. The molecule has 4 aromatic rings. The van der Waals surface area contributed by atoms with Crippen molar-refractivity contribution in [3.8, 4) is 17.2 Å². The van der Waals surface area contributed by atoms with Crippen LogP contribution in [0.4, 0.5) is 4.39 Å². The molecule has 1 N–H and O–H groups in total. The Balaban J connectivity index is 1.54. The number of ether oxygens (including phenoxy) is 2. The average Bonchev–Trinajstić information content (AvgIpc) is 3.24. The topological polar surface area (TPSA) is 78.5 Å². The minimum absolute atomic E-state index is 0.153. The van der Waals surface area contributed by atoms with Crippen LogP contribution in [-0.4, -0.2) is 33.2 Å². The molecule has 0 aliphatic heterocycles. The summed E-state index contributed by atoms with van der Waals surface area (Å²) in [5, 5.41) is 15.0. The Labute approximate surface area is 184 Å². The van der Waals surface area contributed by atoms with Gasteiger partial charge in [0.1, 0.15) is 28.7 Å². The van der Waals surface area contributed by atoms with Crippen molar-refractivity contribution in [2.75, 3.05) is 13.7 Å². The minimum Gasteiger partial charge on any atom is -0.507 e. The molecular weight excluding hydrogens is 413 g/mol. The Hall–Kier alpha value is -3.65. The molecule has 0 spiro atoms. The highest BCUT2D eigenvalue weighted by atomic mass is 19.1. The smallest absolute Gasteiger partial charge is 0.255 e. The molecule has 0 fully saturated rings. The predicted octanol–water partition coefficient (Wildman–Crippen LogP) is 4.04. The second-order valence-electron chi connectivity index (χ2n) is 7.37. The van der Waals surface area contributed by atoms with Crippen LogP contribution >= 0.6 is 0 Å². The van der Waals surface area contributed by atoms with Gasteiger partial charge in [0.25, 0.3) is 5.56 Å². The van der Waals surface area contributed by atoms with Crippen molar-refractivity contribution < 1.29 is 19.0 Å². The standard InChI is InChI=1S/C24H24FN3O4/c1-31-22-13-18(25)9-10-20(22)28-24-19(15-26-28)21(29)14-23(30)27(24)11-5-6-12-32-16-17-7-3-2-4-8-17/h2-4,7-10,13-15,29H,5-6,11-12,16H2,1H3. The summed E-state index contributed by atoms with van der Waals surface area (Å²) < 4.78 is 27.7. The number of methoxy groups -OCH3 is 1. The molecule has 0 unspecified atom stereocenters. The van der Waals surface area contributed by atoms with E-state index in [0.29, 0.717) is 42.9 Å². The largest absolute Gasteiger partial charge is 0.507 e. The highest BCUT2D eigenvalue weighted by Gasteiger charge is 2.17. The summed E-state index contributed by atoms with van der Waals surface area (Å²) in [5.41, 5.74) is 1.66. The Morgan fingerprint density at radius 1 is 1.09 bits per heavy atom. The van der Waals surface area contributed by atoms with Crippen LogP contribution in [0.3, 0.4) is 0 Å². The summed E-state index contributed by atoms with van der Waals surface area (Å²) in [6.45, 7) is 1.52. The van der Waals surface area contributed by atoms with Crippen LogP contribution in [0.1, 0.15) is 18.4 Å². The molecule has 2 heterocycles. The molecule has 0 saturated heterocycles. The van der Waals surface area contributed by atoms with Crippen molar-refractivity contribution in [1.82, 2.24) is 14.3 Å². The van der Waals surface area contributed by atoms with Crippen molar-refractivity contribution in [2.45, 2.75) is 26.0 Å². The maximum absolute atomic E-state index is 13.7. The zero-order chi connectivity index (χ0) is 22.5. The van der Waals surface area contributed by atoms with Gasteiger partial charge in [-0.2, -0.15) is 5.10 Å². The van der Waals surface area contributed by atoms with E-state index in [1.54, 1.807) is 4.57 Å². The molecule has 4 rings (SSSR count). The second kappa shape index (κ2) is 9.65. The van der Waals surface area contributed by atoms with Crippen LogP contribution in [-0.2, 0) is 17.9 Å². The summed E-state index contributed by atoms with van der Waals surface area (Å²) in [7, 11) is 1.43. The highest BCUT2D eigenvalue weighted by Crippen LogP contribution is 2.29. The number of aromatic hydroxyl groups is 1. The summed E-state index contributed by atoms with van der Waals surface area (Å²) in [5.74, 6) is -0.329. The normalized spacial score (nSPS) is 11.2. The van der Waals surface area contributed by atoms with Gasteiger partial charge in [-0.05, 0) is 30.5 Å². The fraction of sp³-hybridized carbons (Fsp3) is 0.250. The Morgan fingerprint density at radius 2 is 1.91 bits per heavy atom. The first-order valence-corrected chi connectivity index (χ1v) is 10.3. The molecule has 166 valence electrons. The SMILES string of the molecule is COc1cc(F)ccc1-n1ncc2c(O)cc(=O)n(CCCCOCc3ccccc3)c21. The first-order chi connectivity index (χ1) is 15.6. The number of halogens is 1. The Kier molecular flexibility index (Phi) is 6.51. The van der Waals surface area contributed by atoms with Crippen molar-refractivity contribution in [1.29, 1.82) is 0 Å². The van der Waals surface area contributed by atoms with Gasteiger partial charge in [0.2, 0.25) is 0 Å². The van der Waals surface area contributed by atoms with Gasteiger partial charge in [-0.15, -0.1) is 0 Å². The molecule has 32 heavy (non-hydrogen) atoms. The fourth-order valence-electron chi connectivity index (χ4n) is 3.62. The third-order valence-electron chi connectivity index (χ3n) is 5.20. The van der Waals surface area contributed by atoms with E-state index in [0.717, 1.165) is 12.0 Å². The summed E-state index contributed by atoms with van der Waals surface area (Å²) in [6.07, 6.45) is 2.93. The summed E-state index contributed by atoms with van der Waals surface area (Å²) >= 11 is 0. The average molecular weight is 437 g/mol. The van der Waals surface area contributed by atoms with E-state index in [1.165, 1.54) is 42.3 Å². The molecule has 0 saturated carbocycles. The van der Waals surface area contributed by atoms with Crippen LogP contribution in [0.15, 0.2) is 65.6 Å². The number of rotatable bonds is 9. The number of unbranched alkanes of at least 4 members (excludes halogenated alkanes) is 1. The lowest BCUT2D eigenvalue weighted by atomic mass is 10.2. The van der Waals surface area contributed by atoms with E-state index in [4.69, 9.17) is 9.47 Å². The van der Waals surface area contributed by atoms with Gasteiger partial charge in [-0.3, -0.25) is 9.36 Å². The molecule has 2 aromatic heterocycles. The molecule has 0 atom stereocenters. The maximum Gasteiger partial charge on any atom is 0.255 e. The van der Waals surface area contributed by atoms with E-state index < -0.39 is 5.82 Å². The maximum atomic E-state index is 13.7. The first kappa shape index (κ1) is 21.6. The van der Waals surface area contributed by atoms with E-state index in [-0.39, 0.29) is 17.1 Å². The number of pyridine rings is 1. The number of hydrogen-bond acceptors (Lipinski definition) is 5. The van der Waals surface area contributed by atoms with E-state index in [9.17, 15) is 14.3 Å². The summed E-state index contributed by atoms with van der Waals surface area (Å²) in [4.78, 5) is 12.7. The molecule has 0 aliphatic carbocycles. The van der Waals surface area contributed by atoms with Gasteiger partial charge in [-0.1, -0.05) is 30.3 Å². The van der Waals surface area contributed by atoms with E-state index in [2.05, 4.69) is 5.10 Å². The molecule has 0 aliphatic rings. The van der Waals surface area contributed by atoms with E-state index in [1.807, 2.05) is 30.3 Å². The highest BCUT2D eigenvalue weighted by molar-refractivity contribution is 5.83. The number of benzene rings is 2. The lowest BCUT2D eigenvalue weighted by Crippen LogP contribution is -2.21. The zero-order valence-electron chi connectivity index (χ0n) is 17.7. The number of nitrogens with zero attached hydrogens (tertiary/aromatic N) is 3. The number of aromatic nitrogens is 3. The van der Waals surface area contributed by atoms with Crippen molar-refractivity contribution in [3.05, 3.63) is 82.5 Å². The van der Waals surface area contributed by atoms with Crippen LogP contribution in [0.25, 0.3) is 16.7 Å². The van der Waals surface area contributed by atoms with Crippen molar-refractivity contribution in [3.63, 3.8) is 0 Å². The van der Waals surface area contributed by atoms with Crippen LogP contribution in [0.5, 0.6) is 11.5 Å². The zero-order valence-corrected chi connectivity index (χ0v) is 17.7. The molecule has 0 radical (unpaired) electrons. The van der Waals surface area contributed by atoms with Gasteiger partial charge in [0.05, 0.1) is 25.3 Å². The molecule has 0 amide bonds. The fourth-order valence-corrected chi connectivity index (χ4v) is 3.62. The quantitative estimate of drug-likeness (QED) is 0.400. The molecule has 0 bridgehead atoms. The number of hydrogen-bond donors (Lipinski definition) is 1. The van der Waals surface area contributed by atoms with Crippen molar-refractivity contribution >= 4 is 11.0 Å². The monoisotopic (exact) mass is 437 g/mol. The minimum atomic E-state index is -0.446. The Morgan fingerprint density at radius 3 is 2.69 bits per heavy atom. The second-order valence-corrected chi connectivity index (χ2v) is 7.37. The molecule has 2 aromatic carbocycles. The van der Waals surface area contributed by atoms with Gasteiger partial charge >= 0.3 is 0 Å². The van der Waals surface area contributed by atoms with Gasteiger partial charge in [-0.25, -0.2) is 9.07 Å². The lowest BCUT2D eigenvalue weighted by Gasteiger charge is -2.14. The van der Waals surface area contributed by atoms with Crippen molar-refractivity contribution in [2.24, 2.45) is 0 Å². The van der Waals surface area contributed by atoms with Gasteiger partial charge < -0.3 is 14.6 Å². The Bertz CT molecular complexity index is 1270. The summed E-state index contributed by atoms with van der Waals surface area (Å²) in [6, 6.07) is 15.2. The molecule has 8 heteroatoms. The third-order valence-corrected chi connectivity index (χ3v) is 5.20. The van der Waals surface area contributed by atoms with Crippen LogP contribution in [0, 0.1) is 5.82 Å². The first-order valence-electron chi connectivity index (χ1n) is 10.3. The third kappa shape index (κ3) is 4.50. The number of aryl methyl sites for hydroxylation is 1. The predicted molar refractivity (Wildman–Crippen MR) is 119 cm³/mol. The van der Waals surface area contributed by atoms with Crippen LogP contribution < -0.4 is 10.3 Å². The van der Waals surface area contributed by atoms with Gasteiger partial charge in [0.15, 0.2) is 0 Å². The van der Waals surface area contributed by atoms with Crippen LogP contribution in [0.2, 0.25) is 0 Å². The molecule has 7 nitrogen and oxygen atoms in total. The number of fused-ring (bicyclic) bond motifs is 1. The molecular formula is C24H24FN3O4. The van der Waals surface area contributed by atoms with E-state index >= 15 is 0 Å².